The minimum Gasteiger partial charge on any atom is -0.321 e. The fourth-order valence-electron chi connectivity index (χ4n) is 2.51. The lowest BCUT2D eigenvalue weighted by atomic mass is 10.2. The zero-order chi connectivity index (χ0) is 12.4. The van der Waals surface area contributed by atoms with Gasteiger partial charge in [-0.05, 0) is 31.6 Å². The van der Waals surface area contributed by atoms with Crippen molar-refractivity contribution in [1.29, 1.82) is 0 Å². The van der Waals surface area contributed by atoms with Crippen LogP contribution in [0.3, 0.4) is 0 Å². The average molecular weight is 245 g/mol. The fourth-order valence-corrected chi connectivity index (χ4v) is 2.51. The van der Waals surface area contributed by atoms with Crippen molar-refractivity contribution in [3.05, 3.63) is 30.3 Å². The molecule has 4 heteroatoms. The summed E-state index contributed by atoms with van der Waals surface area (Å²) in [5.74, 6) is 0. The molecule has 18 heavy (non-hydrogen) atoms. The Hall–Kier alpha value is -1.55. The molecular formula is C14H19N3O. The van der Waals surface area contributed by atoms with E-state index in [1.807, 2.05) is 40.1 Å². The Morgan fingerprint density at radius 3 is 2.39 bits per heavy atom. The number of carbonyl (C=O) groups excluding carboxylic acids is 1. The van der Waals surface area contributed by atoms with Gasteiger partial charge in [-0.15, -0.1) is 0 Å². The fraction of sp³-hybridized carbons (Fsp3) is 0.500. The Bertz CT molecular complexity index is 416. The molecule has 2 saturated heterocycles. The third kappa shape index (κ3) is 2.20. The summed E-state index contributed by atoms with van der Waals surface area (Å²) < 4.78 is 0. The van der Waals surface area contributed by atoms with Crippen molar-refractivity contribution in [2.24, 2.45) is 0 Å². The maximum atomic E-state index is 12.3. The quantitative estimate of drug-likeness (QED) is 0.806. The van der Waals surface area contributed by atoms with E-state index in [-0.39, 0.29) is 6.03 Å². The van der Waals surface area contributed by atoms with Crippen molar-refractivity contribution in [3.8, 4) is 0 Å². The van der Waals surface area contributed by atoms with E-state index in [1.54, 1.807) is 0 Å². The molecule has 0 saturated carbocycles. The third-order valence-corrected chi connectivity index (χ3v) is 3.80. The van der Waals surface area contributed by atoms with Crippen LogP contribution in [0.25, 0.3) is 0 Å². The molecule has 0 unspecified atom stereocenters. The van der Waals surface area contributed by atoms with Gasteiger partial charge in [0.05, 0.1) is 0 Å². The number of anilines is 1. The Morgan fingerprint density at radius 2 is 1.72 bits per heavy atom. The van der Waals surface area contributed by atoms with Crippen molar-refractivity contribution < 1.29 is 4.79 Å². The van der Waals surface area contributed by atoms with E-state index in [4.69, 9.17) is 0 Å². The number of hydrogen-bond acceptors (Lipinski definition) is 2. The smallest absolute Gasteiger partial charge is 0.321 e. The van der Waals surface area contributed by atoms with Gasteiger partial charge in [0.15, 0.2) is 0 Å². The Balaban J connectivity index is 1.58. The number of nitrogens with zero attached hydrogens (tertiary/aromatic N) is 3. The van der Waals surface area contributed by atoms with E-state index in [0.717, 1.165) is 31.9 Å². The van der Waals surface area contributed by atoms with Gasteiger partial charge in [-0.25, -0.2) is 4.79 Å². The van der Waals surface area contributed by atoms with E-state index >= 15 is 0 Å². The lowest BCUT2D eigenvalue weighted by molar-refractivity contribution is 0.159. The topological polar surface area (TPSA) is 26.8 Å². The van der Waals surface area contributed by atoms with Gasteiger partial charge in [-0.1, -0.05) is 18.2 Å². The highest BCUT2D eigenvalue weighted by Gasteiger charge is 2.29. The lowest BCUT2D eigenvalue weighted by Crippen LogP contribution is -2.43. The molecular weight excluding hydrogens is 226 g/mol. The Kier molecular flexibility index (Phi) is 3.19. The van der Waals surface area contributed by atoms with E-state index in [1.165, 1.54) is 19.5 Å². The zero-order valence-electron chi connectivity index (χ0n) is 10.6. The Labute approximate surface area is 108 Å². The van der Waals surface area contributed by atoms with Gasteiger partial charge >= 0.3 is 6.03 Å². The monoisotopic (exact) mass is 245 g/mol. The average Bonchev–Trinajstić information content (AvgIpc) is 2.70. The molecule has 0 spiro atoms. The van der Waals surface area contributed by atoms with Gasteiger partial charge in [-0.2, -0.15) is 0 Å². The van der Waals surface area contributed by atoms with Crippen molar-refractivity contribution in [2.45, 2.75) is 6.42 Å². The maximum absolute atomic E-state index is 12.3. The third-order valence-electron chi connectivity index (χ3n) is 3.80. The SMILES string of the molecule is O=C1N(CCN2CCC2)CCN1c1ccccc1. The predicted molar refractivity (Wildman–Crippen MR) is 71.8 cm³/mol. The summed E-state index contributed by atoms with van der Waals surface area (Å²) in [6.45, 7) is 5.94. The van der Waals surface area contributed by atoms with Crippen LogP contribution in [0.2, 0.25) is 0 Å². The molecule has 1 aromatic rings. The van der Waals surface area contributed by atoms with Crippen LogP contribution in [-0.4, -0.2) is 55.1 Å². The molecule has 4 nitrogen and oxygen atoms in total. The summed E-state index contributed by atoms with van der Waals surface area (Å²) in [4.78, 5) is 18.5. The van der Waals surface area contributed by atoms with Crippen molar-refractivity contribution in [1.82, 2.24) is 9.80 Å². The summed E-state index contributed by atoms with van der Waals surface area (Å²) in [5, 5.41) is 0. The molecule has 2 amide bonds. The van der Waals surface area contributed by atoms with E-state index in [9.17, 15) is 4.79 Å². The molecule has 0 radical (unpaired) electrons. The highest BCUT2D eigenvalue weighted by Crippen LogP contribution is 2.19. The van der Waals surface area contributed by atoms with Crippen LogP contribution in [0.5, 0.6) is 0 Å². The number of amides is 2. The van der Waals surface area contributed by atoms with Crippen LogP contribution in [0.4, 0.5) is 10.5 Å². The Morgan fingerprint density at radius 1 is 0.944 bits per heavy atom. The standard InChI is InChI=1S/C14H19N3O/c18-14-16(10-9-15-7-4-8-15)11-12-17(14)13-5-2-1-3-6-13/h1-3,5-6H,4,7-12H2. The maximum Gasteiger partial charge on any atom is 0.324 e. The number of hydrogen-bond donors (Lipinski definition) is 0. The van der Waals surface area contributed by atoms with Crippen LogP contribution in [-0.2, 0) is 0 Å². The van der Waals surface area contributed by atoms with Crippen LogP contribution >= 0.6 is 0 Å². The van der Waals surface area contributed by atoms with Gasteiger partial charge < -0.3 is 9.80 Å². The largest absolute Gasteiger partial charge is 0.324 e. The number of carbonyl (C=O) groups is 1. The molecule has 2 heterocycles. The zero-order valence-corrected chi connectivity index (χ0v) is 10.6. The molecule has 1 aromatic carbocycles. The molecule has 0 atom stereocenters. The van der Waals surface area contributed by atoms with Crippen molar-refractivity contribution >= 4 is 11.7 Å². The molecule has 3 rings (SSSR count). The van der Waals surface area contributed by atoms with E-state index < -0.39 is 0 Å². The second-order valence-electron chi connectivity index (χ2n) is 4.95. The van der Waals surface area contributed by atoms with Crippen LogP contribution < -0.4 is 4.90 Å². The molecule has 0 aromatic heterocycles. The molecule has 0 N–H and O–H groups in total. The van der Waals surface area contributed by atoms with E-state index in [2.05, 4.69) is 4.90 Å². The second-order valence-corrected chi connectivity index (χ2v) is 4.95. The summed E-state index contributed by atoms with van der Waals surface area (Å²) >= 11 is 0. The number of urea groups is 1. The van der Waals surface area contributed by atoms with Gasteiger partial charge in [-0.3, -0.25) is 4.90 Å². The van der Waals surface area contributed by atoms with Crippen molar-refractivity contribution in [2.75, 3.05) is 44.2 Å². The van der Waals surface area contributed by atoms with Crippen LogP contribution in [0, 0.1) is 0 Å². The summed E-state index contributed by atoms with van der Waals surface area (Å²) in [5.41, 5.74) is 1.01. The highest BCUT2D eigenvalue weighted by molar-refractivity contribution is 5.94. The van der Waals surface area contributed by atoms with E-state index in [0.29, 0.717) is 0 Å². The molecule has 2 fully saturated rings. The number of rotatable bonds is 4. The molecule has 96 valence electrons. The first-order valence-electron chi connectivity index (χ1n) is 6.68. The minimum absolute atomic E-state index is 0.154. The van der Waals surface area contributed by atoms with Crippen molar-refractivity contribution in [3.63, 3.8) is 0 Å². The molecule has 2 aliphatic rings. The normalized spacial score (nSPS) is 20.3. The molecule has 0 bridgehead atoms. The highest BCUT2D eigenvalue weighted by atomic mass is 16.2. The molecule has 2 aliphatic heterocycles. The lowest BCUT2D eigenvalue weighted by Gasteiger charge is -2.32. The summed E-state index contributed by atoms with van der Waals surface area (Å²) in [7, 11) is 0. The summed E-state index contributed by atoms with van der Waals surface area (Å²) in [6, 6.07) is 10.1. The first-order chi connectivity index (χ1) is 8.84. The van der Waals surface area contributed by atoms with Gasteiger partial charge in [0.25, 0.3) is 0 Å². The van der Waals surface area contributed by atoms with Gasteiger partial charge in [0, 0.05) is 31.9 Å². The first-order valence-corrected chi connectivity index (χ1v) is 6.68. The second kappa shape index (κ2) is 4.98. The molecule has 0 aliphatic carbocycles. The minimum atomic E-state index is 0.154. The number of para-hydroxylation sites is 1. The number of likely N-dealkylation sites (tertiary alicyclic amines) is 1. The number of benzene rings is 1. The van der Waals surface area contributed by atoms with Gasteiger partial charge in [0.2, 0.25) is 0 Å². The van der Waals surface area contributed by atoms with Gasteiger partial charge in [0.1, 0.15) is 0 Å². The summed E-state index contributed by atoms with van der Waals surface area (Å²) in [6.07, 6.45) is 1.31. The predicted octanol–water partition coefficient (Wildman–Crippen LogP) is 1.63. The van der Waals surface area contributed by atoms with Crippen LogP contribution in [0.15, 0.2) is 30.3 Å². The van der Waals surface area contributed by atoms with Crippen LogP contribution in [0.1, 0.15) is 6.42 Å². The first kappa shape index (κ1) is 11.5.